The Morgan fingerprint density at radius 3 is 2.15 bits per heavy atom. The zero-order valence-corrected chi connectivity index (χ0v) is 31.6. The lowest BCUT2D eigenvalue weighted by Crippen LogP contribution is -2.13. The van der Waals surface area contributed by atoms with E-state index in [0.29, 0.717) is 17.7 Å². The van der Waals surface area contributed by atoms with Crippen molar-refractivity contribution in [1.82, 2.24) is 20.2 Å². The second-order valence-electron chi connectivity index (χ2n) is 15.7. The van der Waals surface area contributed by atoms with Crippen LogP contribution < -0.4 is 5.32 Å². The van der Waals surface area contributed by atoms with Crippen molar-refractivity contribution >= 4 is 11.4 Å². The molecule has 0 saturated heterocycles. The molecule has 2 atom stereocenters. The Hall–Kier alpha value is -4.84. The predicted molar refractivity (Wildman–Crippen MR) is 211 cm³/mol. The van der Waals surface area contributed by atoms with Gasteiger partial charge in [0.05, 0.1) is 0 Å². The summed E-state index contributed by atoms with van der Waals surface area (Å²) in [5.74, 6) is 4.88. The molecule has 2 heterocycles. The van der Waals surface area contributed by atoms with Crippen LogP contribution in [0.3, 0.4) is 0 Å². The first kappa shape index (κ1) is 34.3. The van der Waals surface area contributed by atoms with Crippen LogP contribution in [0.1, 0.15) is 126 Å². The number of rotatable bonds is 13. The molecule has 2 aromatic heterocycles. The lowest BCUT2D eigenvalue weighted by molar-refractivity contribution is 0.508. The Labute approximate surface area is 308 Å². The van der Waals surface area contributed by atoms with E-state index in [-0.39, 0.29) is 6.04 Å². The summed E-state index contributed by atoms with van der Waals surface area (Å²) in [7, 11) is 0. The maximum Gasteiger partial charge on any atom is 0.247 e. The molecule has 6 nitrogen and oxygen atoms in total. The fraction of sp³-hybridized carbons (Fsp3) is 0.391. The Morgan fingerprint density at radius 2 is 1.42 bits per heavy atom. The Bertz CT molecular complexity index is 2150. The molecule has 3 aliphatic rings. The zero-order valence-electron chi connectivity index (χ0n) is 31.6. The number of aromatic nitrogens is 4. The zero-order chi connectivity index (χ0) is 35.9. The summed E-state index contributed by atoms with van der Waals surface area (Å²) in [6, 6.07) is 22.5. The van der Waals surface area contributed by atoms with E-state index in [1.165, 1.54) is 57.4 Å². The number of nitrogens with zero attached hydrogens (tertiary/aromatic N) is 4. The largest absolute Gasteiger partial charge is 0.420 e. The highest BCUT2D eigenvalue weighted by molar-refractivity contribution is 5.73. The number of anilines is 1. The number of hydrogen-bond donors (Lipinski definition) is 1. The molecule has 0 aliphatic heterocycles. The lowest BCUT2D eigenvalue weighted by atomic mass is 9.87. The molecular weight excluding hydrogens is 639 g/mol. The molecule has 1 N–H and O–H groups in total. The van der Waals surface area contributed by atoms with Crippen LogP contribution in [-0.2, 0) is 19.3 Å². The van der Waals surface area contributed by atoms with Crippen LogP contribution in [0.4, 0.5) is 5.82 Å². The van der Waals surface area contributed by atoms with E-state index in [9.17, 15) is 0 Å². The Morgan fingerprint density at radius 1 is 0.731 bits per heavy atom. The van der Waals surface area contributed by atoms with Crippen molar-refractivity contribution in [2.45, 2.75) is 111 Å². The molecule has 52 heavy (non-hydrogen) atoms. The quantitative estimate of drug-likeness (QED) is 0.133. The van der Waals surface area contributed by atoms with E-state index in [1.807, 2.05) is 0 Å². The fourth-order valence-corrected chi connectivity index (χ4v) is 7.67. The first-order valence-corrected chi connectivity index (χ1v) is 19.3. The molecule has 0 amide bonds. The van der Waals surface area contributed by atoms with Crippen molar-refractivity contribution in [2.75, 3.05) is 5.32 Å². The number of nitrogens with one attached hydrogen (secondary N) is 1. The van der Waals surface area contributed by atoms with Crippen LogP contribution >= 0.6 is 0 Å². The van der Waals surface area contributed by atoms with Gasteiger partial charge < -0.3 is 9.73 Å². The molecule has 0 bridgehead atoms. The second kappa shape index (κ2) is 14.3. The van der Waals surface area contributed by atoms with Gasteiger partial charge in [0.25, 0.3) is 0 Å². The number of allylic oxidation sites excluding steroid dienone is 4. The second-order valence-corrected chi connectivity index (χ2v) is 15.7. The number of benzene rings is 3. The van der Waals surface area contributed by atoms with Crippen LogP contribution in [0, 0.1) is 33.6 Å². The minimum atomic E-state index is 0.0661. The minimum Gasteiger partial charge on any atom is -0.420 e. The number of aryl methyl sites for hydroxylation is 4. The smallest absolute Gasteiger partial charge is 0.247 e. The van der Waals surface area contributed by atoms with Gasteiger partial charge in [0.2, 0.25) is 11.8 Å². The maximum absolute atomic E-state index is 5.91. The van der Waals surface area contributed by atoms with Gasteiger partial charge in [0, 0.05) is 35.2 Å². The van der Waals surface area contributed by atoms with Gasteiger partial charge in [-0.2, -0.15) is 0 Å². The standard InChI is InChI=1S/C46H51N5O/c1-27-23-39(30(4)42(24-27)25-28(2)33-7-11-35(12-8-33)40-19-20-41(26-40)36-13-14-36)21-22-43-47-31(5)29(3)44(49-43)48-32(6)34-9-15-37(16-10-34)45-50-51-46(52-45)38-17-18-38/h7-12,15-16,19-20,23-24,28,32,36,38H,13-14,17-18,21-22,25-26H2,1-6H3,(H,47,48,49). The van der Waals surface area contributed by atoms with Crippen LogP contribution in [0.2, 0.25) is 0 Å². The van der Waals surface area contributed by atoms with Gasteiger partial charge in [-0.3, -0.25) is 0 Å². The third kappa shape index (κ3) is 7.53. The van der Waals surface area contributed by atoms with E-state index in [4.69, 9.17) is 14.4 Å². The van der Waals surface area contributed by atoms with Gasteiger partial charge in [-0.15, -0.1) is 10.2 Å². The molecule has 2 fully saturated rings. The monoisotopic (exact) mass is 689 g/mol. The van der Waals surface area contributed by atoms with Gasteiger partial charge in [-0.25, -0.2) is 9.97 Å². The van der Waals surface area contributed by atoms with E-state index < -0.39 is 0 Å². The highest BCUT2D eigenvalue weighted by atomic mass is 16.4. The van der Waals surface area contributed by atoms with Crippen molar-refractivity contribution in [1.29, 1.82) is 0 Å². The molecule has 2 unspecified atom stereocenters. The van der Waals surface area contributed by atoms with Crippen LogP contribution in [0.5, 0.6) is 0 Å². The average molecular weight is 690 g/mol. The minimum absolute atomic E-state index is 0.0661. The molecule has 2 saturated carbocycles. The van der Waals surface area contributed by atoms with Crippen molar-refractivity contribution in [3.63, 3.8) is 0 Å². The normalized spacial score (nSPS) is 16.8. The fourth-order valence-electron chi connectivity index (χ4n) is 7.67. The molecule has 3 aliphatic carbocycles. The van der Waals surface area contributed by atoms with Crippen molar-refractivity contribution < 1.29 is 4.42 Å². The van der Waals surface area contributed by atoms with Crippen molar-refractivity contribution in [2.24, 2.45) is 5.92 Å². The van der Waals surface area contributed by atoms with E-state index in [0.717, 1.165) is 78.8 Å². The van der Waals surface area contributed by atoms with E-state index in [1.54, 1.807) is 5.57 Å². The summed E-state index contributed by atoms with van der Waals surface area (Å²) in [5, 5.41) is 12.2. The van der Waals surface area contributed by atoms with Gasteiger partial charge in [0.1, 0.15) is 11.6 Å². The van der Waals surface area contributed by atoms with Crippen molar-refractivity contribution in [3.05, 3.63) is 140 Å². The van der Waals surface area contributed by atoms with Gasteiger partial charge >= 0.3 is 0 Å². The molecule has 3 aromatic carbocycles. The summed E-state index contributed by atoms with van der Waals surface area (Å²) in [6.07, 6.45) is 13.6. The van der Waals surface area contributed by atoms with E-state index in [2.05, 4.69) is 130 Å². The first-order chi connectivity index (χ1) is 25.2. The molecule has 0 spiro atoms. The van der Waals surface area contributed by atoms with Crippen molar-refractivity contribution in [3.8, 4) is 11.5 Å². The molecule has 0 radical (unpaired) electrons. The molecule has 266 valence electrons. The third-order valence-corrected chi connectivity index (χ3v) is 11.6. The Balaban J connectivity index is 0.906. The van der Waals surface area contributed by atoms with E-state index >= 15 is 0 Å². The highest BCUT2D eigenvalue weighted by Gasteiger charge is 2.30. The summed E-state index contributed by atoms with van der Waals surface area (Å²) < 4.78 is 5.91. The SMILES string of the molecule is Cc1cc(CCc2nc(C)c(C)c(NC(C)c3ccc(-c4nnc(C5CC5)o4)cc3)n2)c(C)c(CC(C)c2ccc(C3=CC=C(C4CC4)C3)cc2)c1. The maximum atomic E-state index is 5.91. The van der Waals surface area contributed by atoms with Crippen LogP contribution in [0.25, 0.3) is 17.0 Å². The summed E-state index contributed by atoms with van der Waals surface area (Å²) in [4.78, 5) is 9.98. The molecule has 6 heteroatoms. The summed E-state index contributed by atoms with van der Waals surface area (Å²) in [5.41, 5.74) is 15.6. The lowest BCUT2D eigenvalue weighted by Gasteiger charge is -2.19. The highest BCUT2D eigenvalue weighted by Crippen LogP contribution is 2.44. The first-order valence-electron chi connectivity index (χ1n) is 19.3. The number of hydrogen-bond acceptors (Lipinski definition) is 6. The van der Waals surface area contributed by atoms with Crippen LogP contribution in [0.15, 0.2) is 82.8 Å². The molecule has 5 aromatic rings. The van der Waals surface area contributed by atoms with Gasteiger partial charge in [-0.1, -0.05) is 78.7 Å². The van der Waals surface area contributed by atoms with Crippen LogP contribution in [-0.4, -0.2) is 20.2 Å². The Kier molecular flexibility index (Phi) is 9.42. The average Bonchev–Trinajstić information content (AvgIpc) is 4.09. The summed E-state index contributed by atoms with van der Waals surface area (Å²) >= 11 is 0. The molecule has 8 rings (SSSR count). The topological polar surface area (TPSA) is 76.7 Å². The summed E-state index contributed by atoms with van der Waals surface area (Å²) in [6.45, 7) is 13.2. The van der Waals surface area contributed by atoms with Gasteiger partial charge in [-0.05, 0) is 142 Å². The van der Waals surface area contributed by atoms with Gasteiger partial charge in [0.15, 0.2) is 0 Å². The predicted octanol–water partition coefficient (Wildman–Crippen LogP) is 11.1. The molecular formula is C46H51N5O. The third-order valence-electron chi connectivity index (χ3n) is 11.6.